The van der Waals surface area contributed by atoms with E-state index in [1.165, 1.54) is 0 Å². The van der Waals surface area contributed by atoms with Crippen LogP contribution in [0.15, 0.2) is 30.3 Å². The van der Waals surface area contributed by atoms with Gasteiger partial charge in [0.2, 0.25) is 0 Å². The van der Waals surface area contributed by atoms with Gasteiger partial charge in [-0.05, 0) is 25.3 Å². The molecule has 1 aromatic carbocycles. The van der Waals surface area contributed by atoms with Crippen LogP contribution < -0.4 is 5.32 Å². The van der Waals surface area contributed by atoms with Crippen molar-refractivity contribution in [1.82, 2.24) is 5.32 Å². The van der Waals surface area contributed by atoms with E-state index in [1.807, 2.05) is 44.2 Å². The lowest BCUT2D eigenvalue weighted by Gasteiger charge is -2.25. The summed E-state index contributed by atoms with van der Waals surface area (Å²) in [7, 11) is 0. The SMILES string of the molecule is CCOC(=O)C(NC(C)C(C)CO)c1ccccc1. The number of benzene rings is 1. The minimum Gasteiger partial charge on any atom is -0.465 e. The number of hydrogen-bond donors (Lipinski definition) is 2. The van der Waals surface area contributed by atoms with Crippen LogP contribution in [-0.4, -0.2) is 30.3 Å². The zero-order valence-corrected chi connectivity index (χ0v) is 11.8. The van der Waals surface area contributed by atoms with Crippen LogP contribution in [0.25, 0.3) is 0 Å². The summed E-state index contributed by atoms with van der Waals surface area (Å²) in [5, 5.41) is 12.4. The van der Waals surface area contributed by atoms with Crippen molar-refractivity contribution in [2.75, 3.05) is 13.2 Å². The summed E-state index contributed by atoms with van der Waals surface area (Å²) >= 11 is 0. The average molecular weight is 265 g/mol. The molecule has 3 atom stereocenters. The van der Waals surface area contributed by atoms with Crippen molar-refractivity contribution in [3.05, 3.63) is 35.9 Å². The Bertz CT molecular complexity index is 380. The van der Waals surface area contributed by atoms with Crippen LogP contribution >= 0.6 is 0 Å². The molecule has 0 aromatic heterocycles. The van der Waals surface area contributed by atoms with Crippen molar-refractivity contribution in [3.63, 3.8) is 0 Å². The van der Waals surface area contributed by atoms with Gasteiger partial charge in [0.15, 0.2) is 0 Å². The molecule has 4 nitrogen and oxygen atoms in total. The summed E-state index contributed by atoms with van der Waals surface area (Å²) in [6, 6.07) is 9.00. The predicted molar refractivity (Wildman–Crippen MR) is 74.7 cm³/mol. The molecule has 2 N–H and O–H groups in total. The molecule has 4 heteroatoms. The number of aliphatic hydroxyl groups is 1. The van der Waals surface area contributed by atoms with Gasteiger partial charge in [-0.1, -0.05) is 37.3 Å². The molecule has 0 aliphatic heterocycles. The Morgan fingerprint density at radius 3 is 2.47 bits per heavy atom. The maximum Gasteiger partial charge on any atom is 0.327 e. The molecule has 0 saturated heterocycles. The van der Waals surface area contributed by atoms with Gasteiger partial charge in [-0.15, -0.1) is 0 Å². The molecule has 0 aliphatic rings. The van der Waals surface area contributed by atoms with E-state index in [2.05, 4.69) is 5.32 Å². The second kappa shape index (κ2) is 7.92. The van der Waals surface area contributed by atoms with Gasteiger partial charge in [0.1, 0.15) is 6.04 Å². The van der Waals surface area contributed by atoms with Crippen molar-refractivity contribution in [3.8, 4) is 0 Å². The van der Waals surface area contributed by atoms with E-state index >= 15 is 0 Å². The van der Waals surface area contributed by atoms with Crippen molar-refractivity contribution in [2.24, 2.45) is 5.92 Å². The second-order valence-electron chi connectivity index (χ2n) is 4.71. The molecule has 1 rings (SSSR count). The topological polar surface area (TPSA) is 58.6 Å². The van der Waals surface area contributed by atoms with Crippen LogP contribution in [-0.2, 0) is 9.53 Å². The zero-order valence-electron chi connectivity index (χ0n) is 11.8. The highest BCUT2D eigenvalue weighted by molar-refractivity contribution is 5.77. The number of nitrogens with one attached hydrogen (secondary N) is 1. The molecule has 106 valence electrons. The van der Waals surface area contributed by atoms with E-state index in [9.17, 15) is 9.90 Å². The van der Waals surface area contributed by atoms with Crippen molar-refractivity contribution < 1.29 is 14.6 Å². The third-order valence-corrected chi connectivity index (χ3v) is 3.23. The van der Waals surface area contributed by atoms with Gasteiger partial charge in [-0.25, -0.2) is 4.79 Å². The van der Waals surface area contributed by atoms with Gasteiger partial charge >= 0.3 is 5.97 Å². The normalized spacial score (nSPS) is 15.6. The van der Waals surface area contributed by atoms with Crippen LogP contribution in [0.3, 0.4) is 0 Å². The Morgan fingerprint density at radius 2 is 1.95 bits per heavy atom. The Balaban J connectivity index is 2.84. The number of aliphatic hydroxyl groups excluding tert-OH is 1. The molecule has 0 radical (unpaired) electrons. The molecule has 19 heavy (non-hydrogen) atoms. The molecule has 1 aromatic rings. The van der Waals surface area contributed by atoms with Gasteiger partial charge in [0, 0.05) is 12.6 Å². The van der Waals surface area contributed by atoms with Crippen LogP contribution in [0.2, 0.25) is 0 Å². The molecule has 0 amide bonds. The lowest BCUT2D eigenvalue weighted by Crippen LogP contribution is -2.40. The van der Waals surface area contributed by atoms with E-state index < -0.39 is 6.04 Å². The molecule has 0 fully saturated rings. The number of ether oxygens (including phenoxy) is 1. The van der Waals surface area contributed by atoms with Gasteiger partial charge in [0.25, 0.3) is 0 Å². The number of esters is 1. The first-order valence-electron chi connectivity index (χ1n) is 6.68. The maximum absolute atomic E-state index is 12.0. The number of rotatable bonds is 7. The van der Waals surface area contributed by atoms with Crippen molar-refractivity contribution >= 4 is 5.97 Å². The lowest BCUT2D eigenvalue weighted by atomic mass is 10.0. The molecular formula is C15H23NO3. The lowest BCUT2D eigenvalue weighted by molar-refractivity contribution is -0.146. The minimum atomic E-state index is -0.495. The smallest absolute Gasteiger partial charge is 0.327 e. The first-order valence-corrected chi connectivity index (χ1v) is 6.68. The fourth-order valence-electron chi connectivity index (χ4n) is 1.76. The Morgan fingerprint density at radius 1 is 1.32 bits per heavy atom. The van der Waals surface area contributed by atoms with Crippen LogP contribution in [0.1, 0.15) is 32.4 Å². The van der Waals surface area contributed by atoms with Crippen LogP contribution in [0, 0.1) is 5.92 Å². The highest BCUT2D eigenvalue weighted by atomic mass is 16.5. The fraction of sp³-hybridized carbons (Fsp3) is 0.533. The van der Waals surface area contributed by atoms with Crippen molar-refractivity contribution in [2.45, 2.75) is 32.9 Å². The quantitative estimate of drug-likeness (QED) is 0.739. The monoisotopic (exact) mass is 265 g/mol. The fourth-order valence-corrected chi connectivity index (χ4v) is 1.76. The first kappa shape index (κ1) is 15.7. The minimum absolute atomic E-state index is 0.0135. The van der Waals surface area contributed by atoms with Gasteiger partial charge in [-0.3, -0.25) is 5.32 Å². The third-order valence-electron chi connectivity index (χ3n) is 3.23. The summed E-state index contributed by atoms with van der Waals surface area (Å²) in [4.78, 5) is 12.0. The molecule has 0 bridgehead atoms. The Labute approximate surface area is 114 Å². The predicted octanol–water partition coefficient (Wildman–Crippen LogP) is 1.90. The van der Waals surface area contributed by atoms with Crippen LogP contribution in [0.4, 0.5) is 0 Å². The van der Waals surface area contributed by atoms with Gasteiger partial charge < -0.3 is 9.84 Å². The van der Waals surface area contributed by atoms with Crippen LogP contribution in [0.5, 0.6) is 0 Å². The Hall–Kier alpha value is -1.39. The molecule has 3 unspecified atom stereocenters. The molecule has 0 aliphatic carbocycles. The van der Waals surface area contributed by atoms with E-state index in [4.69, 9.17) is 4.74 Å². The Kier molecular flexibility index (Phi) is 6.53. The maximum atomic E-state index is 12.0. The zero-order chi connectivity index (χ0) is 14.3. The third kappa shape index (κ3) is 4.65. The van der Waals surface area contributed by atoms with Gasteiger partial charge in [0.05, 0.1) is 6.61 Å². The number of carbonyl (C=O) groups excluding carboxylic acids is 1. The largest absolute Gasteiger partial charge is 0.465 e. The summed E-state index contributed by atoms with van der Waals surface area (Å²) in [6.07, 6.45) is 0. The van der Waals surface area contributed by atoms with E-state index in [0.29, 0.717) is 6.61 Å². The highest BCUT2D eigenvalue weighted by Crippen LogP contribution is 2.17. The molecule has 0 saturated carbocycles. The second-order valence-corrected chi connectivity index (χ2v) is 4.71. The summed E-state index contributed by atoms with van der Waals surface area (Å²) in [5.74, 6) is -0.216. The van der Waals surface area contributed by atoms with E-state index in [-0.39, 0.29) is 24.5 Å². The molecule has 0 heterocycles. The molecular weight excluding hydrogens is 242 g/mol. The summed E-state index contributed by atoms with van der Waals surface area (Å²) < 4.78 is 5.11. The average Bonchev–Trinajstić information content (AvgIpc) is 2.44. The van der Waals surface area contributed by atoms with E-state index in [0.717, 1.165) is 5.56 Å². The number of carbonyl (C=O) groups is 1. The molecule has 0 spiro atoms. The van der Waals surface area contributed by atoms with Crippen molar-refractivity contribution in [1.29, 1.82) is 0 Å². The highest BCUT2D eigenvalue weighted by Gasteiger charge is 2.25. The summed E-state index contributed by atoms with van der Waals surface area (Å²) in [6.45, 7) is 6.12. The van der Waals surface area contributed by atoms with E-state index in [1.54, 1.807) is 6.92 Å². The summed E-state index contributed by atoms with van der Waals surface area (Å²) in [5.41, 5.74) is 0.873. The number of hydrogen-bond acceptors (Lipinski definition) is 4. The standard InChI is InChI=1S/C15H23NO3/c1-4-19-15(18)14(13-8-6-5-7-9-13)16-12(3)11(2)10-17/h5-9,11-12,14,16-17H,4,10H2,1-3H3. The first-order chi connectivity index (χ1) is 9.10. The van der Waals surface area contributed by atoms with Gasteiger partial charge in [-0.2, -0.15) is 0 Å².